The summed E-state index contributed by atoms with van der Waals surface area (Å²) in [5.41, 5.74) is 0. The number of aliphatic hydroxyl groups is 7. The SMILES string of the molecule is CCCC/C=C/CCCCCCCC(=O)OC[C@H](CO[C@H]1O[C@@H](CO[C@H]2O[C@@H](CO)[C@@H](O)C(O)C2O)[C@@H](O)C(O)C1O)OC(=O)CCC/C=C/C/C=C/C/C=C/C/C=C/CCCCC. The first-order chi connectivity index (χ1) is 31.0. The summed E-state index contributed by atoms with van der Waals surface area (Å²) in [6, 6.07) is 0. The summed E-state index contributed by atoms with van der Waals surface area (Å²) in [5, 5.41) is 71.9. The normalized spacial score (nSPS) is 27.1. The Hall–Kier alpha value is -2.80. The van der Waals surface area contributed by atoms with Gasteiger partial charge >= 0.3 is 11.9 Å². The Morgan fingerprint density at radius 3 is 1.58 bits per heavy atom. The van der Waals surface area contributed by atoms with Crippen LogP contribution in [0.4, 0.5) is 0 Å². The van der Waals surface area contributed by atoms with Crippen molar-refractivity contribution in [2.45, 2.75) is 210 Å². The van der Waals surface area contributed by atoms with Crippen molar-refractivity contribution >= 4 is 11.9 Å². The molecule has 11 atom stereocenters. The maximum absolute atomic E-state index is 12.9. The third-order valence-corrected chi connectivity index (χ3v) is 11.0. The molecule has 0 aromatic heterocycles. The van der Waals surface area contributed by atoms with Gasteiger partial charge in [0.1, 0.15) is 55.4 Å². The first-order valence-electron chi connectivity index (χ1n) is 23.9. The van der Waals surface area contributed by atoms with Gasteiger partial charge in [-0.25, -0.2) is 0 Å². The average Bonchev–Trinajstić information content (AvgIpc) is 3.29. The topological polar surface area (TPSA) is 231 Å². The van der Waals surface area contributed by atoms with Crippen molar-refractivity contribution in [3.8, 4) is 0 Å². The molecule has 4 unspecified atom stereocenters. The van der Waals surface area contributed by atoms with E-state index in [4.69, 9.17) is 28.4 Å². The van der Waals surface area contributed by atoms with E-state index in [-0.39, 0.29) is 19.4 Å². The molecule has 0 radical (unpaired) electrons. The second-order valence-electron chi connectivity index (χ2n) is 16.6. The van der Waals surface area contributed by atoms with Crippen LogP contribution < -0.4 is 0 Å². The Morgan fingerprint density at radius 2 is 0.969 bits per heavy atom. The van der Waals surface area contributed by atoms with E-state index in [2.05, 4.69) is 62.5 Å². The second kappa shape index (κ2) is 36.3. The molecule has 15 heteroatoms. The van der Waals surface area contributed by atoms with Crippen LogP contribution in [0, 0.1) is 0 Å². The lowest BCUT2D eigenvalue weighted by atomic mass is 9.98. The van der Waals surface area contributed by atoms with Crippen LogP contribution in [-0.2, 0) is 38.0 Å². The van der Waals surface area contributed by atoms with Crippen LogP contribution in [0.5, 0.6) is 0 Å². The van der Waals surface area contributed by atoms with Gasteiger partial charge in [-0.2, -0.15) is 0 Å². The largest absolute Gasteiger partial charge is 0.462 e. The molecule has 0 saturated carbocycles. The highest BCUT2D eigenvalue weighted by atomic mass is 16.7. The van der Waals surface area contributed by atoms with Crippen molar-refractivity contribution in [1.29, 1.82) is 0 Å². The number of hydrogen-bond acceptors (Lipinski definition) is 15. The Balaban J connectivity index is 1.87. The fourth-order valence-corrected chi connectivity index (χ4v) is 6.95. The van der Waals surface area contributed by atoms with Crippen LogP contribution >= 0.6 is 0 Å². The molecule has 0 amide bonds. The first-order valence-corrected chi connectivity index (χ1v) is 23.9. The molecule has 0 aromatic carbocycles. The van der Waals surface area contributed by atoms with E-state index >= 15 is 0 Å². The number of ether oxygens (including phenoxy) is 6. The molecule has 7 N–H and O–H groups in total. The summed E-state index contributed by atoms with van der Waals surface area (Å²) in [4.78, 5) is 25.6. The Bertz CT molecular complexity index is 1350. The molecule has 2 heterocycles. The molecule has 15 nitrogen and oxygen atoms in total. The van der Waals surface area contributed by atoms with Crippen LogP contribution in [0.1, 0.15) is 142 Å². The van der Waals surface area contributed by atoms with Crippen molar-refractivity contribution in [1.82, 2.24) is 0 Å². The maximum Gasteiger partial charge on any atom is 0.306 e. The minimum absolute atomic E-state index is 0.0851. The van der Waals surface area contributed by atoms with Crippen LogP contribution in [0.15, 0.2) is 60.8 Å². The van der Waals surface area contributed by atoms with Gasteiger partial charge in [-0.05, 0) is 70.6 Å². The zero-order valence-corrected chi connectivity index (χ0v) is 38.5. The molecule has 0 spiro atoms. The molecule has 0 bridgehead atoms. The lowest BCUT2D eigenvalue weighted by Crippen LogP contribution is -2.61. The smallest absolute Gasteiger partial charge is 0.306 e. The third-order valence-electron chi connectivity index (χ3n) is 11.0. The molecule has 2 rings (SSSR count). The molecule has 0 aliphatic carbocycles. The van der Waals surface area contributed by atoms with Crippen molar-refractivity contribution in [3.63, 3.8) is 0 Å². The second-order valence-corrected chi connectivity index (χ2v) is 16.6. The van der Waals surface area contributed by atoms with Crippen LogP contribution in [0.3, 0.4) is 0 Å². The van der Waals surface area contributed by atoms with E-state index in [1.165, 1.54) is 32.1 Å². The zero-order valence-electron chi connectivity index (χ0n) is 38.5. The van der Waals surface area contributed by atoms with E-state index in [0.717, 1.165) is 64.2 Å². The summed E-state index contributed by atoms with van der Waals surface area (Å²) < 4.78 is 33.4. The van der Waals surface area contributed by atoms with E-state index in [1.54, 1.807) is 0 Å². The summed E-state index contributed by atoms with van der Waals surface area (Å²) in [6.07, 6.45) is 22.7. The fourth-order valence-electron chi connectivity index (χ4n) is 6.95. The van der Waals surface area contributed by atoms with Crippen LogP contribution in [-0.4, -0.2) is 142 Å². The van der Waals surface area contributed by atoms with Crippen molar-refractivity contribution in [3.05, 3.63) is 60.8 Å². The van der Waals surface area contributed by atoms with E-state index in [0.29, 0.717) is 19.3 Å². The Morgan fingerprint density at radius 1 is 0.500 bits per heavy atom. The minimum Gasteiger partial charge on any atom is -0.462 e. The fraction of sp³-hybridized carbons (Fsp3) is 0.755. The predicted octanol–water partition coefficient (Wildman–Crippen LogP) is 5.70. The number of hydrogen-bond donors (Lipinski definition) is 7. The van der Waals surface area contributed by atoms with Gasteiger partial charge in [0.2, 0.25) is 0 Å². The molecular formula is C49H82O15. The summed E-state index contributed by atoms with van der Waals surface area (Å²) in [6.45, 7) is 2.42. The van der Waals surface area contributed by atoms with E-state index in [9.17, 15) is 45.3 Å². The van der Waals surface area contributed by atoms with Gasteiger partial charge in [-0.15, -0.1) is 0 Å². The van der Waals surface area contributed by atoms with E-state index < -0.39 is 99.3 Å². The van der Waals surface area contributed by atoms with Gasteiger partial charge in [0, 0.05) is 12.8 Å². The minimum atomic E-state index is -1.78. The van der Waals surface area contributed by atoms with Crippen molar-refractivity contribution in [2.24, 2.45) is 0 Å². The first kappa shape index (κ1) is 57.3. The lowest BCUT2D eigenvalue weighted by Gasteiger charge is -2.42. The van der Waals surface area contributed by atoms with Crippen LogP contribution in [0.2, 0.25) is 0 Å². The number of aliphatic hydroxyl groups excluding tert-OH is 7. The van der Waals surface area contributed by atoms with Gasteiger partial charge in [0.05, 0.1) is 19.8 Å². The van der Waals surface area contributed by atoms with Gasteiger partial charge in [0.15, 0.2) is 18.7 Å². The number of esters is 2. The number of rotatable bonds is 35. The number of carbonyl (C=O) groups is 2. The lowest BCUT2D eigenvalue weighted by molar-refractivity contribution is -0.332. The molecule has 368 valence electrons. The van der Waals surface area contributed by atoms with Crippen molar-refractivity contribution < 1.29 is 73.8 Å². The molecule has 2 fully saturated rings. The predicted molar refractivity (Wildman–Crippen MR) is 243 cm³/mol. The number of carbonyl (C=O) groups excluding carboxylic acids is 2. The molecular weight excluding hydrogens is 829 g/mol. The third kappa shape index (κ3) is 24.6. The Kier molecular flexibility index (Phi) is 32.5. The van der Waals surface area contributed by atoms with Crippen LogP contribution in [0.25, 0.3) is 0 Å². The summed E-state index contributed by atoms with van der Waals surface area (Å²) >= 11 is 0. The zero-order chi connectivity index (χ0) is 46.8. The van der Waals surface area contributed by atoms with Crippen molar-refractivity contribution in [2.75, 3.05) is 26.4 Å². The molecule has 2 aliphatic heterocycles. The highest BCUT2D eigenvalue weighted by Crippen LogP contribution is 2.26. The molecule has 2 aliphatic rings. The highest BCUT2D eigenvalue weighted by Gasteiger charge is 2.47. The van der Waals surface area contributed by atoms with E-state index in [1.807, 2.05) is 12.2 Å². The highest BCUT2D eigenvalue weighted by molar-refractivity contribution is 5.70. The molecule has 2 saturated heterocycles. The van der Waals surface area contributed by atoms with Gasteiger partial charge < -0.3 is 64.2 Å². The molecule has 0 aromatic rings. The van der Waals surface area contributed by atoms with Gasteiger partial charge in [-0.1, -0.05) is 120 Å². The number of unbranched alkanes of at least 4 members (excludes halogenated alkanes) is 11. The quantitative estimate of drug-likeness (QED) is 0.0230. The summed E-state index contributed by atoms with van der Waals surface area (Å²) in [5.74, 6) is -1.01. The standard InChI is InChI=1S/C49H82O15/c1-3-5-7-9-11-13-15-16-17-18-19-20-22-24-26-28-30-32-41(52)62-37(34-59-40(51)31-29-27-25-23-21-14-12-10-8-6-4-2)35-60-48-47(58)45(56)43(54)39(64-48)36-61-49-46(57)44(55)42(53)38(33-50)63-49/h10-13,16-17,19-20,24,26,37-39,42-50,53-58H,3-9,14-15,18,21-23,25,27-36H2,1-2H3/b12-10+,13-11+,17-16+,20-19+,26-24+/t37-,38+,39+,42-,43-,44?,45?,46?,47?,48+,49+/m1/s1. The van der Waals surface area contributed by atoms with Gasteiger partial charge in [0.25, 0.3) is 0 Å². The maximum atomic E-state index is 12.9. The monoisotopic (exact) mass is 911 g/mol. The average molecular weight is 911 g/mol. The molecule has 64 heavy (non-hydrogen) atoms. The Labute approximate surface area is 381 Å². The van der Waals surface area contributed by atoms with Gasteiger partial charge in [-0.3, -0.25) is 9.59 Å². The summed E-state index contributed by atoms with van der Waals surface area (Å²) in [7, 11) is 0. The number of allylic oxidation sites excluding steroid dienone is 10.